The third kappa shape index (κ3) is 3.56. The number of rotatable bonds is 4. The fourth-order valence-corrected chi connectivity index (χ4v) is 2.52. The summed E-state index contributed by atoms with van der Waals surface area (Å²) in [5.74, 6) is -0.557. The molecule has 3 aromatic rings. The standard InChI is InChI=1S/C18H15N3O6/c1-10-14-9-13(26-2)7-8-15(14)27-16(10)18(23)20-19-17(22)11-3-5-12(6-4-11)21(24)25/h3-9H,1-2H3,(H,19,22)(H,20,23). The average molecular weight is 369 g/mol. The smallest absolute Gasteiger partial charge is 0.305 e. The van der Waals surface area contributed by atoms with Crippen LogP contribution in [0.25, 0.3) is 11.0 Å². The van der Waals surface area contributed by atoms with Gasteiger partial charge in [-0.1, -0.05) is 0 Å². The Morgan fingerprint density at radius 2 is 1.74 bits per heavy atom. The molecule has 9 heteroatoms. The Morgan fingerprint density at radius 1 is 1.07 bits per heavy atom. The molecule has 2 aromatic carbocycles. The molecule has 0 radical (unpaired) electrons. The van der Waals surface area contributed by atoms with Crippen LogP contribution in [0.15, 0.2) is 46.9 Å². The zero-order valence-electron chi connectivity index (χ0n) is 14.4. The molecule has 0 unspecified atom stereocenters. The first-order valence-electron chi connectivity index (χ1n) is 7.83. The second-order valence-electron chi connectivity index (χ2n) is 5.63. The van der Waals surface area contributed by atoms with Crippen LogP contribution in [0.1, 0.15) is 26.5 Å². The van der Waals surface area contributed by atoms with Gasteiger partial charge in [-0.3, -0.25) is 30.6 Å². The van der Waals surface area contributed by atoms with Crippen molar-refractivity contribution in [2.75, 3.05) is 7.11 Å². The summed E-state index contributed by atoms with van der Waals surface area (Å²) >= 11 is 0. The van der Waals surface area contributed by atoms with Gasteiger partial charge >= 0.3 is 5.91 Å². The molecule has 0 fully saturated rings. The predicted molar refractivity (Wildman–Crippen MR) is 95.5 cm³/mol. The second-order valence-corrected chi connectivity index (χ2v) is 5.63. The third-order valence-corrected chi connectivity index (χ3v) is 3.98. The summed E-state index contributed by atoms with van der Waals surface area (Å²) in [5, 5.41) is 11.4. The van der Waals surface area contributed by atoms with Gasteiger partial charge in [-0.25, -0.2) is 0 Å². The van der Waals surface area contributed by atoms with Crippen molar-refractivity contribution in [3.05, 3.63) is 69.5 Å². The van der Waals surface area contributed by atoms with Crippen LogP contribution < -0.4 is 15.6 Å². The minimum Gasteiger partial charge on any atom is -0.497 e. The number of amides is 2. The molecule has 1 aromatic heterocycles. The van der Waals surface area contributed by atoms with Crippen molar-refractivity contribution in [2.24, 2.45) is 0 Å². The number of nitrogens with zero attached hydrogens (tertiary/aromatic N) is 1. The molecule has 1 heterocycles. The van der Waals surface area contributed by atoms with E-state index in [-0.39, 0.29) is 17.0 Å². The van der Waals surface area contributed by atoms with Gasteiger partial charge in [-0.15, -0.1) is 0 Å². The molecule has 9 nitrogen and oxygen atoms in total. The molecule has 0 aliphatic rings. The molecule has 2 N–H and O–H groups in total. The fourth-order valence-electron chi connectivity index (χ4n) is 2.52. The van der Waals surface area contributed by atoms with Gasteiger partial charge in [0.2, 0.25) is 0 Å². The zero-order chi connectivity index (χ0) is 19.6. The molecule has 0 aliphatic heterocycles. The highest BCUT2D eigenvalue weighted by Crippen LogP contribution is 2.28. The predicted octanol–water partition coefficient (Wildman–Crippen LogP) is 2.73. The number of aryl methyl sites for hydroxylation is 1. The lowest BCUT2D eigenvalue weighted by atomic mass is 10.1. The van der Waals surface area contributed by atoms with Gasteiger partial charge in [0, 0.05) is 28.6 Å². The van der Waals surface area contributed by atoms with E-state index in [9.17, 15) is 19.7 Å². The first-order valence-corrected chi connectivity index (χ1v) is 7.83. The number of fused-ring (bicyclic) bond motifs is 1. The Morgan fingerprint density at radius 3 is 2.37 bits per heavy atom. The van der Waals surface area contributed by atoms with Crippen LogP contribution in [0.4, 0.5) is 5.69 Å². The first-order chi connectivity index (χ1) is 12.9. The summed E-state index contributed by atoms with van der Waals surface area (Å²) in [7, 11) is 1.54. The molecular weight excluding hydrogens is 354 g/mol. The van der Waals surface area contributed by atoms with Crippen molar-refractivity contribution in [1.82, 2.24) is 10.9 Å². The van der Waals surface area contributed by atoms with Crippen LogP contribution in [0, 0.1) is 17.0 Å². The van der Waals surface area contributed by atoms with Gasteiger partial charge < -0.3 is 9.15 Å². The van der Waals surface area contributed by atoms with Crippen LogP contribution in [0.5, 0.6) is 5.75 Å². The maximum atomic E-state index is 12.3. The van der Waals surface area contributed by atoms with E-state index in [1.54, 1.807) is 25.1 Å². The third-order valence-electron chi connectivity index (χ3n) is 3.98. The van der Waals surface area contributed by atoms with Crippen molar-refractivity contribution in [2.45, 2.75) is 6.92 Å². The lowest BCUT2D eigenvalue weighted by molar-refractivity contribution is -0.384. The summed E-state index contributed by atoms with van der Waals surface area (Å²) in [6, 6.07) is 10.1. The number of benzene rings is 2. The molecule has 27 heavy (non-hydrogen) atoms. The monoisotopic (exact) mass is 369 g/mol. The number of carbonyl (C=O) groups is 2. The molecule has 0 bridgehead atoms. The Balaban J connectivity index is 1.72. The number of hydrazine groups is 1. The molecule has 0 spiro atoms. The molecule has 0 aliphatic carbocycles. The highest BCUT2D eigenvalue weighted by atomic mass is 16.6. The van der Waals surface area contributed by atoms with Crippen LogP contribution >= 0.6 is 0 Å². The number of nitro groups is 1. The van der Waals surface area contributed by atoms with Crippen molar-refractivity contribution in [3.63, 3.8) is 0 Å². The van der Waals surface area contributed by atoms with E-state index < -0.39 is 16.7 Å². The second kappa shape index (κ2) is 7.16. The van der Waals surface area contributed by atoms with Crippen LogP contribution in [-0.2, 0) is 0 Å². The molecule has 2 amide bonds. The molecular formula is C18H15N3O6. The number of nitrogens with one attached hydrogen (secondary N) is 2. The topological polar surface area (TPSA) is 124 Å². The highest BCUT2D eigenvalue weighted by Gasteiger charge is 2.19. The number of carbonyl (C=O) groups excluding carboxylic acids is 2. The van der Waals surface area contributed by atoms with E-state index >= 15 is 0 Å². The average Bonchev–Trinajstić information content (AvgIpc) is 3.02. The van der Waals surface area contributed by atoms with Crippen molar-refractivity contribution >= 4 is 28.5 Å². The minimum atomic E-state index is -0.627. The SMILES string of the molecule is COc1ccc2oc(C(=O)NNC(=O)c3ccc([N+](=O)[O-])cc3)c(C)c2c1. The highest BCUT2D eigenvalue weighted by molar-refractivity contribution is 6.01. The van der Waals surface area contributed by atoms with Gasteiger partial charge in [0.15, 0.2) is 5.76 Å². The number of methoxy groups -OCH3 is 1. The van der Waals surface area contributed by atoms with Gasteiger partial charge in [0.05, 0.1) is 12.0 Å². The number of hydrogen-bond acceptors (Lipinski definition) is 6. The Bertz CT molecular complexity index is 1040. The molecule has 0 atom stereocenters. The van der Waals surface area contributed by atoms with E-state index in [4.69, 9.17) is 9.15 Å². The van der Waals surface area contributed by atoms with Crippen LogP contribution in [0.2, 0.25) is 0 Å². The number of hydrogen-bond donors (Lipinski definition) is 2. The number of non-ortho nitro benzene ring substituents is 1. The van der Waals surface area contributed by atoms with Crippen molar-refractivity contribution in [3.8, 4) is 5.75 Å². The van der Waals surface area contributed by atoms with Crippen LogP contribution in [0.3, 0.4) is 0 Å². The van der Waals surface area contributed by atoms with Gasteiger partial charge in [-0.2, -0.15) is 0 Å². The van der Waals surface area contributed by atoms with E-state index in [1.165, 1.54) is 31.4 Å². The number of ether oxygens (including phenoxy) is 1. The van der Waals surface area contributed by atoms with E-state index in [2.05, 4.69) is 10.9 Å². The maximum absolute atomic E-state index is 12.3. The molecule has 0 saturated heterocycles. The van der Waals surface area contributed by atoms with Crippen LogP contribution in [-0.4, -0.2) is 23.8 Å². The molecule has 0 saturated carbocycles. The Hall–Kier alpha value is -3.88. The number of furan rings is 1. The lowest BCUT2D eigenvalue weighted by Gasteiger charge is -2.06. The number of nitro benzene ring substituents is 1. The zero-order valence-corrected chi connectivity index (χ0v) is 14.4. The minimum absolute atomic E-state index is 0.0576. The van der Waals surface area contributed by atoms with Crippen molar-refractivity contribution in [1.29, 1.82) is 0 Å². The summed E-state index contributed by atoms with van der Waals surface area (Å²) in [6.45, 7) is 1.72. The molecule has 138 valence electrons. The normalized spacial score (nSPS) is 10.4. The lowest BCUT2D eigenvalue weighted by Crippen LogP contribution is -2.41. The Kier molecular flexibility index (Phi) is 4.75. The summed E-state index contributed by atoms with van der Waals surface area (Å²) in [6.07, 6.45) is 0. The maximum Gasteiger partial charge on any atom is 0.305 e. The Labute approximate surface area is 153 Å². The first kappa shape index (κ1) is 17.9. The van der Waals surface area contributed by atoms with E-state index in [0.717, 1.165) is 5.39 Å². The quantitative estimate of drug-likeness (QED) is 0.538. The summed E-state index contributed by atoms with van der Waals surface area (Å²) in [5.41, 5.74) is 5.66. The van der Waals surface area contributed by atoms with E-state index in [1.807, 2.05) is 0 Å². The summed E-state index contributed by atoms with van der Waals surface area (Å²) in [4.78, 5) is 34.5. The van der Waals surface area contributed by atoms with Gasteiger partial charge in [0.1, 0.15) is 11.3 Å². The fraction of sp³-hybridized carbons (Fsp3) is 0.111. The van der Waals surface area contributed by atoms with Gasteiger partial charge in [0.25, 0.3) is 11.6 Å². The molecule has 3 rings (SSSR count). The van der Waals surface area contributed by atoms with Gasteiger partial charge in [-0.05, 0) is 37.3 Å². The largest absolute Gasteiger partial charge is 0.497 e. The summed E-state index contributed by atoms with van der Waals surface area (Å²) < 4.78 is 10.7. The van der Waals surface area contributed by atoms with Crippen molar-refractivity contribution < 1.29 is 23.7 Å². The van der Waals surface area contributed by atoms with E-state index in [0.29, 0.717) is 16.9 Å².